The van der Waals surface area contributed by atoms with Gasteiger partial charge >= 0.3 is 0 Å². The molecule has 23 heavy (non-hydrogen) atoms. The van der Waals surface area contributed by atoms with Crippen molar-refractivity contribution in [2.24, 2.45) is 10.7 Å². The predicted molar refractivity (Wildman–Crippen MR) is 90.0 cm³/mol. The number of nitrogens with zero attached hydrogens (tertiary/aromatic N) is 2. The molecule has 6 nitrogen and oxygen atoms in total. The SMILES string of the molecule is NC(CCl)=Nc1ccc([N+](=O)[O-])cc1C(=O)c1ccccc1Cl. The van der Waals surface area contributed by atoms with E-state index in [2.05, 4.69) is 4.99 Å². The number of aliphatic imine (C=N–C) groups is 1. The van der Waals surface area contributed by atoms with Crippen LogP contribution in [-0.4, -0.2) is 22.4 Å². The van der Waals surface area contributed by atoms with Gasteiger partial charge in [0.1, 0.15) is 5.84 Å². The lowest BCUT2D eigenvalue weighted by atomic mass is 10.0. The minimum absolute atomic E-state index is 0.0281. The molecular formula is C15H11Cl2N3O3. The lowest BCUT2D eigenvalue weighted by Crippen LogP contribution is -2.13. The number of nitro benzene ring substituents is 1. The Balaban J connectivity index is 2.62. The summed E-state index contributed by atoms with van der Waals surface area (Å²) in [6.07, 6.45) is 0. The van der Waals surface area contributed by atoms with E-state index in [1.807, 2.05) is 0 Å². The van der Waals surface area contributed by atoms with Crippen molar-refractivity contribution in [3.63, 3.8) is 0 Å². The van der Waals surface area contributed by atoms with Crippen LogP contribution in [0, 0.1) is 10.1 Å². The molecule has 2 aromatic carbocycles. The third-order valence-electron chi connectivity index (χ3n) is 2.96. The molecule has 0 aliphatic rings. The largest absolute Gasteiger partial charge is 0.386 e. The Hall–Kier alpha value is -2.44. The molecule has 0 saturated heterocycles. The maximum absolute atomic E-state index is 12.7. The number of amidine groups is 1. The molecule has 8 heteroatoms. The van der Waals surface area contributed by atoms with Gasteiger partial charge in [0, 0.05) is 17.7 Å². The highest BCUT2D eigenvalue weighted by Gasteiger charge is 2.20. The van der Waals surface area contributed by atoms with Crippen LogP contribution in [0.3, 0.4) is 0 Å². The first-order chi connectivity index (χ1) is 10.9. The summed E-state index contributed by atoms with van der Waals surface area (Å²) < 4.78 is 0. The van der Waals surface area contributed by atoms with Crippen molar-refractivity contribution in [3.8, 4) is 0 Å². The summed E-state index contributed by atoms with van der Waals surface area (Å²) in [5.41, 5.74) is 5.79. The molecule has 0 amide bonds. The molecule has 118 valence electrons. The molecule has 2 rings (SSSR count). The zero-order chi connectivity index (χ0) is 17.0. The molecular weight excluding hydrogens is 341 g/mol. The predicted octanol–water partition coefficient (Wildman–Crippen LogP) is 3.71. The van der Waals surface area contributed by atoms with E-state index in [0.717, 1.165) is 6.07 Å². The molecule has 0 aliphatic carbocycles. The second-order valence-corrected chi connectivity index (χ2v) is 5.18. The highest BCUT2D eigenvalue weighted by atomic mass is 35.5. The third kappa shape index (κ3) is 3.85. The molecule has 0 spiro atoms. The monoisotopic (exact) mass is 351 g/mol. The van der Waals surface area contributed by atoms with E-state index in [1.165, 1.54) is 18.2 Å². The molecule has 0 saturated carbocycles. The Labute approximate surface area is 141 Å². The van der Waals surface area contributed by atoms with Gasteiger partial charge in [-0.1, -0.05) is 23.7 Å². The number of halogens is 2. The Bertz CT molecular complexity index is 806. The molecule has 0 heterocycles. The maximum Gasteiger partial charge on any atom is 0.270 e. The van der Waals surface area contributed by atoms with Gasteiger partial charge in [-0.05, 0) is 18.2 Å². The molecule has 2 aromatic rings. The number of non-ortho nitro benzene ring substituents is 1. The lowest BCUT2D eigenvalue weighted by Gasteiger charge is -2.07. The topological polar surface area (TPSA) is 98.6 Å². The maximum atomic E-state index is 12.7. The number of carbonyl (C=O) groups is 1. The van der Waals surface area contributed by atoms with Gasteiger partial charge in [0.15, 0.2) is 5.78 Å². The highest BCUT2D eigenvalue weighted by Crippen LogP contribution is 2.29. The van der Waals surface area contributed by atoms with E-state index in [9.17, 15) is 14.9 Å². The molecule has 0 fully saturated rings. The van der Waals surface area contributed by atoms with E-state index in [4.69, 9.17) is 28.9 Å². The van der Waals surface area contributed by atoms with E-state index in [0.29, 0.717) is 0 Å². The van der Waals surface area contributed by atoms with Gasteiger partial charge in [-0.3, -0.25) is 14.9 Å². The number of rotatable bonds is 5. The third-order valence-corrected chi connectivity index (χ3v) is 3.56. The Morgan fingerprint density at radius 2 is 1.91 bits per heavy atom. The van der Waals surface area contributed by atoms with Crippen LogP contribution in [-0.2, 0) is 0 Å². The number of ketones is 1. The normalized spacial score (nSPS) is 11.3. The standard InChI is InChI=1S/C15H11Cl2N3O3/c16-8-14(18)19-13-6-5-9(20(22)23)7-11(13)15(21)10-3-1-2-4-12(10)17/h1-7H,8H2,(H2,18,19). The summed E-state index contributed by atoms with van der Waals surface area (Å²) in [4.78, 5) is 27.1. The van der Waals surface area contributed by atoms with Gasteiger partial charge in [0.2, 0.25) is 0 Å². The first kappa shape index (κ1) is 16.9. The number of benzene rings is 2. The fourth-order valence-corrected chi connectivity index (χ4v) is 2.17. The summed E-state index contributed by atoms with van der Waals surface area (Å²) in [5.74, 6) is -0.425. The van der Waals surface area contributed by atoms with Crippen molar-refractivity contribution >= 4 is 46.2 Å². The summed E-state index contributed by atoms with van der Waals surface area (Å²) in [6, 6.07) is 10.1. The molecule has 0 bridgehead atoms. The Morgan fingerprint density at radius 1 is 1.22 bits per heavy atom. The van der Waals surface area contributed by atoms with Gasteiger partial charge in [-0.25, -0.2) is 4.99 Å². The molecule has 0 aromatic heterocycles. The number of nitrogens with two attached hydrogens (primary N) is 1. The minimum atomic E-state index is -0.595. The zero-order valence-corrected chi connectivity index (χ0v) is 13.2. The highest BCUT2D eigenvalue weighted by molar-refractivity contribution is 6.35. The number of hydrogen-bond donors (Lipinski definition) is 1. The second-order valence-electron chi connectivity index (χ2n) is 4.50. The van der Waals surface area contributed by atoms with Crippen molar-refractivity contribution in [3.05, 3.63) is 68.7 Å². The van der Waals surface area contributed by atoms with E-state index < -0.39 is 10.7 Å². The van der Waals surface area contributed by atoms with Crippen LogP contribution >= 0.6 is 23.2 Å². The zero-order valence-electron chi connectivity index (χ0n) is 11.7. The van der Waals surface area contributed by atoms with Crippen molar-refractivity contribution in [2.45, 2.75) is 0 Å². The summed E-state index contributed by atoms with van der Waals surface area (Å²) >= 11 is 11.6. The van der Waals surface area contributed by atoms with Crippen molar-refractivity contribution in [1.29, 1.82) is 0 Å². The van der Waals surface area contributed by atoms with E-state index in [-0.39, 0.29) is 39.2 Å². The first-order valence-corrected chi connectivity index (χ1v) is 7.32. The van der Waals surface area contributed by atoms with Crippen LogP contribution in [0.25, 0.3) is 0 Å². The van der Waals surface area contributed by atoms with Crippen LogP contribution in [0.4, 0.5) is 11.4 Å². The van der Waals surface area contributed by atoms with Gasteiger partial charge in [0.05, 0.1) is 27.1 Å². The number of nitro groups is 1. The van der Waals surface area contributed by atoms with E-state index >= 15 is 0 Å². The molecule has 0 atom stereocenters. The van der Waals surface area contributed by atoms with Crippen LogP contribution in [0.1, 0.15) is 15.9 Å². The Kier molecular flexibility index (Phi) is 5.31. The minimum Gasteiger partial charge on any atom is -0.386 e. The number of carbonyl (C=O) groups excluding carboxylic acids is 1. The quantitative estimate of drug-likeness (QED) is 0.221. The van der Waals surface area contributed by atoms with Gasteiger partial charge in [-0.15, -0.1) is 11.6 Å². The van der Waals surface area contributed by atoms with Gasteiger partial charge in [-0.2, -0.15) is 0 Å². The van der Waals surface area contributed by atoms with Crippen LogP contribution < -0.4 is 5.73 Å². The van der Waals surface area contributed by atoms with Gasteiger partial charge < -0.3 is 5.73 Å². The molecule has 0 aliphatic heterocycles. The number of hydrogen-bond acceptors (Lipinski definition) is 4. The van der Waals surface area contributed by atoms with Gasteiger partial charge in [0.25, 0.3) is 5.69 Å². The Morgan fingerprint density at radius 3 is 2.52 bits per heavy atom. The van der Waals surface area contributed by atoms with Crippen LogP contribution in [0.15, 0.2) is 47.5 Å². The van der Waals surface area contributed by atoms with Crippen molar-refractivity contribution in [2.75, 3.05) is 5.88 Å². The smallest absolute Gasteiger partial charge is 0.270 e. The van der Waals surface area contributed by atoms with Crippen molar-refractivity contribution in [1.82, 2.24) is 0 Å². The summed E-state index contributed by atoms with van der Waals surface area (Å²) in [6.45, 7) is 0. The summed E-state index contributed by atoms with van der Waals surface area (Å²) in [5, 5.41) is 11.2. The fraction of sp³-hybridized carbons (Fsp3) is 0.0667. The summed E-state index contributed by atoms with van der Waals surface area (Å²) in [7, 11) is 0. The number of alkyl halides is 1. The lowest BCUT2D eigenvalue weighted by molar-refractivity contribution is -0.384. The van der Waals surface area contributed by atoms with Crippen LogP contribution in [0.5, 0.6) is 0 Å². The van der Waals surface area contributed by atoms with Crippen molar-refractivity contribution < 1.29 is 9.72 Å². The molecule has 0 radical (unpaired) electrons. The average molecular weight is 352 g/mol. The van der Waals surface area contributed by atoms with Crippen LogP contribution in [0.2, 0.25) is 5.02 Å². The second kappa shape index (κ2) is 7.21. The molecule has 0 unspecified atom stereocenters. The fourth-order valence-electron chi connectivity index (χ4n) is 1.89. The molecule has 2 N–H and O–H groups in total. The first-order valence-electron chi connectivity index (χ1n) is 6.40. The van der Waals surface area contributed by atoms with E-state index in [1.54, 1.807) is 18.2 Å². The average Bonchev–Trinajstić information content (AvgIpc) is 2.54.